The first-order valence-corrected chi connectivity index (χ1v) is 7.64. The molecule has 20 heavy (non-hydrogen) atoms. The van der Waals surface area contributed by atoms with E-state index in [1.807, 2.05) is 20.8 Å². The van der Waals surface area contributed by atoms with Gasteiger partial charge in [-0.3, -0.25) is 0 Å². The molecule has 1 saturated carbocycles. The Morgan fingerprint density at radius 1 is 1.10 bits per heavy atom. The Morgan fingerprint density at radius 3 is 2.20 bits per heavy atom. The Hall–Kier alpha value is -0.810. The molecule has 1 amide bonds. The van der Waals surface area contributed by atoms with Crippen molar-refractivity contribution in [1.29, 1.82) is 0 Å². The van der Waals surface area contributed by atoms with Gasteiger partial charge in [0.1, 0.15) is 5.60 Å². The third-order valence-electron chi connectivity index (χ3n) is 4.01. The first kappa shape index (κ1) is 15.6. The maximum atomic E-state index is 11.8. The zero-order chi connectivity index (χ0) is 14.8. The molecule has 1 aliphatic heterocycles. The number of ether oxygens (including phenoxy) is 2. The van der Waals surface area contributed by atoms with Crippen LogP contribution in [0.25, 0.3) is 0 Å². The number of likely N-dealkylation sites (tertiary alicyclic amines) is 1. The van der Waals surface area contributed by atoms with E-state index in [-0.39, 0.29) is 6.09 Å². The number of methoxy groups -OCH3 is 1. The van der Waals surface area contributed by atoms with Crippen molar-refractivity contribution in [2.45, 2.75) is 70.2 Å². The molecule has 116 valence electrons. The Balaban J connectivity index is 1.63. The van der Waals surface area contributed by atoms with E-state index < -0.39 is 5.60 Å². The van der Waals surface area contributed by atoms with Crippen molar-refractivity contribution < 1.29 is 14.3 Å². The minimum atomic E-state index is -0.409. The summed E-state index contributed by atoms with van der Waals surface area (Å²) in [4.78, 5) is 13.6. The summed E-state index contributed by atoms with van der Waals surface area (Å²) in [5.74, 6) is 0. The highest BCUT2D eigenvalue weighted by atomic mass is 16.6. The smallest absolute Gasteiger partial charge is 0.410 e. The summed E-state index contributed by atoms with van der Waals surface area (Å²) in [6.07, 6.45) is 4.85. The van der Waals surface area contributed by atoms with Crippen molar-refractivity contribution in [3.05, 3.63) is 0 Å². The molecular weight excluding hydrogens is 256 g/mol. The second-order valence-corrected chi connectivity index (χ2v) is 6.96. The van der Waals surface area contributed by atoms with Crippen LogP contribution in [0.4, 0.5) is 4.79 Å². The molecule has 1 N–H and O–H groups in total. The molecule has 2 aliphatic rings. The van der Waals surface area contributed by atoms with Gasteiger partial charge in [-0.25, -0.2) is 4.79 Å². The quantitative estimate of drug-likeness (QED) is 0.863. The van der Waals surface area contributed by atoms with Gasteiger partial charge >= 0.3 is 6.09 Å². The van der Waals surface area contributed by atoms with Crippen LogP contribution in [0.3, 0.4) is 0 Å². The molecule has 1 saturated heterocycles. The summed E-state index contributed by atoms with van der Waals surface area (Å²) in [5, 5.41) is 3.64. The van der Waals surface area contributed by atoms with E-state index in [0.29, 0.717) is 18.2 Å². The third-order valence-corrected chi connectivity index (χ3v) is 4.01. The van der Waals surface area contributed by atoms with Gasteiger partial charge in [-0.05, 0) is 46.5 Å². The average Bonchev–Trinajstić information content (AvgIpc) is 2.31. The maximum absolute atomic E-state index is 11.8. The van der Waals surface area contributed by atoms with Crippen LogP contribution in [0.5, 0.6) is 0 Å². The maximum Gasteiger partial charge on any atom is 0.410 e. The van der Waals surface area contributed by atoms with E-state index in [4.69, 9.17) is 9.47 Å². The van der Waals surface area contributed by atoms with Gasteiger partial charge in [0.25, 0.3) is 0 Å². The first-order chi connectivity index (χ1) is 9.37. The average molecular weight is 284 g/mol. The summed E-state index contributed by atoms with van der Waals surface area (Å²) in [7, 11) is 1.79. The fraction of sp³-hybridized carbons (Fsp3) is 0.933. The van der Waals surface area contributed by atoms with Crippen molar-refractivity contribution in [2.75, 3.05) is 20.2 Å². The molecule has 0 unspecified atom stereocenters. The predicted molar refractivity (Wildman–Crippen MR) is 77.8 cm³/mol. The van der Waals surface area contributed by atoms with Gasteiger partial charge in [-0.1, -0.05) is 0 Å². The van der Waals surface area contributed by atoms with Crippen LogP contribution in [0.2, 0.25) is 0 Å². The number of nitrogens with one attached hydrogen (secondary N) is 1. The van der Waals surface area contributed by atoms with Gasteiger partial charge in [0, 0.05) is 32.3 Å². The minimum Gasteiger partial charge on any atom is -0.444 e. The molecule has 0 bridgehead atoms. The van der Waals surface area contributed by atoms with Crippen LogP contribution in [0.15, 0.2) is 0 Å². The van der Waals surface area contributed by atoms with Gasteiger partial charge in [0.05, 0.1) is 6.10 Å². The highest BCUT2D eigenvalue weighted by molar-refractivity contribution is 5.69. The lowest BCUT2D eigenvalue weighted by molar-refractivity contribution is 0.00208. The fourth-order valence-corrected chi connectivity index (χ4v) is 2.86. The van der Waals surface area contributed by atoms with Crippen LogP contribution >= 0.6 is 0 Å². The summed E-state index contributed by atoms with van der Waals surface area (Å²) in [6, 6.07) is 0.999. The Kier molecular flexibility index (Phi) is 4.91. The monoisotopic (exact) mass is 284 g/mol. The molecule has 0 spiro atoms. The van der Waals surface area contributed by atoms with Gasteiger partial charge < -0.3 is 19.7 Å². The number of carbonyl (C=O) groups is 1. The molecule has 0 aromatic carbocycles. The summed E-state index contributed by atoms with van der Waals surface area (Å²) in [5.41, 5.74) is -0.409. The molecule has 2 rings (SSSR count). The molecular formula is C15H28N2O3. The van der Waals surface area contributed by atoms with Crippen LogP contribution < -0.4 is 5.32 Å². The van der Waals surface area contributed by atoms with E-state index in [0.717, 1.165) is 25.9 Å². The van der Waals surface area contributed by atoms with E-state index in [9.17, 15) is 4.79 Å². The van der Waals surface area contributed by atoms with Crippen LogP contribution in [-0.4, -0.2) is 55.0 Å². The summed E-state index contributed by atoms with van der Waals surface area (Å²) >= 11 is 0. The normalized spacial score (nSPS) is 28.1. The van der Waals surface area contributed by atoms with Crippen molar-refractivity contribution in [1.82, 2.24) is 10.2 Å². The molecule has 5 heteroatoms. The van der Waals surface area contributed by atoms with Gasteiger partial charge in [-0.15, -0.1) is 0 Å². The van der Waals surface area contributed by atoms with Gasteiger partial charge in [0.2, 0.25) is 0 Å². The largest absolute Gasteiger partial charge is 0.444 e. The molecule has 2 fully saturated rings. The molecule has 1 aliphatic carbocycles. The molecule has 0 radical (unpaired) electrons. The number of nitrogens with zero attached hydrogens (tertiary/aromatic N) is 1. The Morgan fingerprint density at radius 2 is 1.70 bits per heavy atom. The minimum absolute atomic E-state index is 0.196. The Labute approximate surface area is 122 Å². The highest BCUT2D eigenvalue weighted by Crippen LogP contribution is 2.22. The van der Waals surface area contributed by atoms with Gasteiger partial charge in [0.15, 0.2) is 0 Å². The van der Waals surface area contributed by atoms with E-state index >= 15 is 0 Å². The second kappa shape index (κ2) is 6.31. The van der Waals surface area contributed by atoms with Crippen LogP contribution in [-0.2, 0) is 9.47 Å². The van der Waals surface area contributed by atoms with Crippen molar-refractivity contribution in [3.63, 3.8) is 0 Å². The molecule has 1 heterocycles. The zero-order valence-electron chi connectivity index (χ0n) is 13.1. The van der Waals surface area contributed by atoms with Crippen molar-refractivity contribution in [2.24, 2.45) is 0 Å². The molecule has 5 nitrogen and oxygen atoms in total. The third kappa shape index (κ3) is 4.35. The van der Waals surface area contributed by atoms with E-state index in [1.54, 1.807) is 12.0 Å². The summed E-state index contributed by atoms with van der Waals surface area (Å²) in [6.45, 7) is 7.22. The topological polar surface area (TPSA) is 50.8 Å². The predicted octanol–water partition coefficient (Wildman–Crippen LogP) is 2.15. The standard InChI is InChI=1S/C15H28N2O3/c1-15(2,3)20-14(18)17-9-12(10-17)16-11-5-7-13(19-4)8-6-11/h11-13,16H,5-10H2,1-4H3. The SMILES string of the molecule is COC1CCC(NC2CN(C(=O)OC(C)(C)C)C2)CC1. The second-order valence-electron chi connectivity index (χ2n) is 6.96. The highest BCUT2D eigenvalue weighted by Gasteiger charge is 2.35. The Bertz CT molecular complexity index is 327. The fourth-order valence-electron chi connectivity index (χ4n) is 2.86. The number of hydrogen-bond acceptors (Lipinski definition) is 4. The van der Waals surface area contributed by atoms with E-state index in [2.05, 4.69) is 5.32 Å². The molecule has 0 aromatic rings. The number of carbonyl (C=O) groups excluding carboxylic acids is 1. The molecule has 0 aromatic heterocycles. The first-order valence-electron chi connectivity index (χ1n) is 7.64. The van der Waals surface area contributed by atoms with Crippen LogP contribution in [0, 0.1) is 0 Å². The number of hydrogen-bond donors (Lipinski definition) is 1. The van der Waals surface area contributed by atoms with Crippen LogP contribution in [0.1, 0.15) is 46.5 Å². The number of amides is 1. The van der Waals surface area contributed by atoms with E-state index in [1.165, 1.54) is 12.8 Å². The summed E-state index contributed by atoms with van der Waals surface area (Å²) < 4.78 is 10.7. The van der Waals surface area contributed by atoms with Crippen molar-refractivity contribution >= 4 is 6.09 Å². The lowest BCUT2D eigenvalue weighted by Crippen LogP contribution is -2.62. The lowest BCUT2D eigenvalue weighted by Gasteiger charge is -2.42. The lowest BCUT2D eigenvalue weighted by atomic mass is 9.92. The number of rotatable bonds is 3. The zero-order valence-corrected chi connectivity index (χ0v) is 13.1. The van der Waals surface area contributed by atoms with Gasteiger partial charge in [-0.2, -0.15) is 0 Å². The molecule has 0 atom stereocenters. The van der Waals surface area contributed by atoms with Crippen molar-refractivity contribution in [3.8, 4) is 0 Å².